The van der Waals surface area contributed by atoms with Crippen molar-refractivity contribution in [1.82, 2.24) is 19.1 Å². The minimum absolute atomic E-state index is 0.114. The highest BCUT2D eigenvalue weighted by molar-refractivity contribution is 5.77. The Hall–Kier alpha value is -4.61. The first-order valence-electron chi connectivity index (χ1n) is 11.1. The van der Waals surface area contributed by atoms with E-state index in [0.717, 1.165) is 41.0 Å². The molecule has 18 heteroatoms. The van der Waals surface area contributed by atoms with Gasteiger partial charge >= 0.3 is 18.4 Å². The Labute approximate surface area is 221 Å². The summed E-state index contributed by atoms with van der Waals surface area (Å²) in [6.45, 7) is -0.956. The number of aryl methyl sites for hydroxylation is 1. The molecule has 0 saturated carbocycles. The topological polar surface area (TPSA) is 121 Å². The van der Waals surface area contributed by atoms with Gasteiger partial charge in [-0.25, -0.2) is 18.6 Å². The maximum Gasteiger partial charge on any atom is 0.573 e. The van der Waals surface area contributed by atoms with E-state index in [9.17, 15) is 49.8 Å². The molecule has 2 heterocycles. The van der Waals surface area contributed by atoms with E-state index < -0.39 is 65.9 Å². The molecule has 1 unspecified atom stereocenters. The lowest BCUT2D eigenvalue weighted by Gasteiger charge is -2.15. The lowest BCUT2D eigenvalue weighted by Crippen LogP contribution is -2.36. The normalized spacial score (nSPS) is 13.0. The van der Waals surface area contributed by atoms with Crippen molar-refractivity contribution in [2.24, 2.45) is 7.05 Å². The number of nitrogens with one attached hydrogen (secondary N) is 1. The number of aliphatic hydroxyl groups is 1. The molecule has 220 valence electrons. The Balaban J connectivity index is 1.77. The largest absolute Gasteiger partial charge is 0.573 e. The third-order valence-corrected chi connectivity index (χ3v) is 5.39. The number of aromatic amines is 1. The maximum atomic E-state index is 13.2. The summed E-state index contributed by atoms with van der Waals surface area (Å²) in [5, 5.41) is 9.56. The highest BCUT2D eigenvalue weighted by atomic mass is 19.4. The Kier molecular flexibility index (Phi) is 7.70. The first-order chi connectivity index (χ1) is 19.0. The van der Waals surface area contributed by atoms with Gasteiger partial charge in [0.15, 0.2) is 22.7 Å². The van der Waals surface area contributed by atoms with Gasteiger partial charge in [-0.2, -0.15) is 0 Å². The second-order valence-electron chi connectivity index (χ2n) is 8.27. The van der Waals surface area contributed by atoms with Gasteiger partial charge in [-0.05, 0) is 42.5 Å². The number of halogens is 8. The molecule has 0 amide bonds. The van der Waals surface area contributed by atoms with Crippen molar-refractivity contribution in [3.8, 4) is 34.4 Å². The molecule has 1 atom stereocenters. The number of hydrogen-bond donors (Lipinski definition) is 2. The van der Waals surface area contributed by atoms with Gasteiger partial charge in [0, 0.05) is 12.6 Å². The van der Waals surface area contributed by atoms with Crippen molar-refractivity contribution in [2.75, 3.05) is 0 Å². The van der Waals surface area contributed by atoms with Crippen LogP contribution in [0.4, 0.5) is 35.1 Å². The van der Waals surface area contributed by atoms with Crippen molar-refractivity contribution < 1.29 is 54.4 Å². The van der Waals surface area contributed by atoms with Crippen LogP contribution in [0.5, 0.6) is 23.0 Å². The van der Waals surface area contributed by atoms with Crippen LogP contribution in [-0.4, -0.2) is 49.5 Å². The smallest absolute Gasteiger partial charge is 0.453 e. The van der Waals surface area contributed by atoms with Gasteiger partial charge in [0.2, 0.25) is 0 Å². The van der Waals surface area contributed by atoms with E-state index in [4.69, 9.17) is 4.74 Å². The Bertz CT molecular complexity index is 1680. The molecule has 10 nitrogen and oxygen atoms in total. The molecule has 0 aliphatic heterocycles. The molecule has 41 heavy (non-hydrogen) atoms. The predicted molar refractivity (Wildman–Crippen MR) is 123 cm³/mol. The summed E-state index contributed by atoms with van der Waals surface area (Å²) in [6, 6.07) is 6.73. The molecule has 0 bridgehead atoms. The van der Waals surface area contributed by atoms with Gasteiger partial charge in [-0.3, -0.25) is 14.3 Å². The van der Waals surface area contributed by atoms with E-state index in [1.54, 1.807) is 0 Å². The van der Waals surface area contributed by atoms with Crippen LogP contribution in [0.15, 0.2) is 52.1 Å². The number of aromatic nitrogens is 4. The molecule has 2 aromatic heterocycles. The number of H-pyrrole nitrogens is 1. The Morgan fingerprint density at radius 3 is 2.12 bits per heavy atom. The SMILES string of the molecule is Cn1c(-c2ccc(Oc3ccc(OC(F)(F)F)cc3)c(OC(F)(F)F)c2)nc2c1c(=O)[nH]c(=O)n2CC(O)C(F)F. The Morgan fingerprint density at radius 2 is 1.54 bits per heavy atom. The molecule has 4 aromatic rings. The van der Waals surface area contributed by atoms with Crippen LogP contribution in [0, 0.1) is 0 Å². The summed E-state index contributed by atoms with van der Waals surface area (Å²) < 4.78 is 117. The van der Waals surface area contributed by atoms with E-state index in [1.807, 2.05) is 4.98 Å². The van der Waals surface area contributed by atoms with Gasteiger partial charge in [0.05, 0.1) is 6.54 Å². The number of nitrogens with zero attached hydrogens (tertiary/aromatic N) is 3. The molecule has 0 aliphatic rings. The van der Waals surface area contributed by atoms with Gasteiger partial charge in [-0.15, -0.1) is 26.3 Å². The summed E-state index contributed by atoms with van der Waals surface area (Å²) in [6.07, 6.45) is -15.7. The van der Waals surface area contributed by atoms with Crippen molar-refractivity contribution in [3.05, 3.63) is 63.3 Å². The number of rotatable bonds is 8. The number of ether oxygens (including phenoxy) is 3. The van der Waals surface area contributed by atoms with Gasteiger partial charge < -0.3 is 23.9 Å². The zero-order valence-electron chi connectivity index (χ0n) is 20.3. The van der Waals surface area contributed by atoms with Crippen LogP contribution in [0.25, 0.3) is 22.6 Å². The predicted octanol–water partition coefficient (Wildman–Crippen LogP) is 4.31. The highest BCUT2D eigenvalue weighted by Crippen LogP contribution is 2.39. The van der Waals surface area contributed by atoms with Crippen LogP contribution in [-0.2, 0) is 13.6 Å². The maximum absolute atomic E-state index is 13.2. The number of alkyl halides is 8. The third-order valence-electron chi connectivity index (χ3n) is 5.39. The van der Waals surface area contributed by atoms with Crippen molar-refractivity contribution in [2.45, 2.75) is 31.8 Å². The first kappa shape index (κ1) is 29.4. The summed E-state index contributed by atoms with van der Waals surface area (Å²) in [5.74, 6) is -2.44. The lowest BCUT2D eigenvalue weighted by molar-refractivity contribution is -0.275. The van der Waals surface area contributed by atoms with Crippen molar-refractivity contribution in [3.63, 3.8) is 0 Å². The number of hydrogen-bond acceptors (Lipinski definition) is 7. The minimum Gasteiger partial charge on any atom is -0.453 e. The molecule has 0 saturated heterocycles. The Morgan fingerprint density at radius 1 is 0.927 bits per heavy atom. The third kappa shape index (κ3) is 6.76. The van der Waals surface area contributed by atoms with E-state index in [0.29, 0.717) is 4.57 Å². The fourth-order valence-electron chi connectivity index (χ4n) is 3.71. The van der Waals surface area contributed by atoms with Gasteiger partial charge in [0.1, 0.15) is 23.4 Å². The molecular formula is C23H16F8N4O6. The average molecular weight is 596 g/mol. The number of imidazole rings is 1. The van der Waals surface area contributed by atoms with E-state index in [1.165, 1.54) is 13.1 Å². The van der Waals surface area contributed by atoms with Crippen molar-refractivity contribution >= 4 is 11.2 Å². The molecular weight excluding hydrogens is 580 g/mol. The highest BCUT2D eigenvalue weighted by Gasteiger charge is 2.34. The summed E-state index contributed by atoms with van der Waals surface area (Å²) >= 11 is 0. The van der Waals surface area contributed by atoms with Crippen LogP contribution in [0.3, 0.4) is 0 Å². The molecule has 2 N–H and O–H groups in total. The van der Waals surface area contributed by atoms with Crippen LogP contribution in [0.2, 0.25) is 0 Å². The average Bonchev–Trinajstić information content (AvgIpc) is 3.19. The molecule has 0 spiro atoms. The fourth-order valence-corrected chi connectivity index (χ4v) is 3.71. The van der Waals surface area contributed by atoms with Gasteiger partial charge in [-0.1, -0.05) is 0 Å². The molecule has 0 aliphatic carbocycles. The van der Waals surface area contributed by atoms with E-state index >= 15 is 0 Å². The quantitative estimate of drug-likeness (QED) is 0.291. The molecule has 4 rings (SSSR count). The van der Waals surface area contributed by atoms with E-state index in [2.05, 4.69) is 14.5 Å². The van der Waals surface area contributed by atoms with Gasteiger partial charge in [0.25, 0.3) is 12.0 Å². The first-order valence-corrected chi connectivity index (χ1v) is 11.1. The number of fused-ring (bicyclic) bond motifs is 1. The molecule has 2 aromatic carbocycles. The molecule has 0 fully saturated rings. The number of aliphatic hydroxyl groups excluding tert-OH is 1. The van der Waals surface area contributed by atoms with Crippen molar-refractivity contribution in [1.29, 1.82) is 0 Å². The zero-order chi connectivity index (χ0) is 30.3. The second-order valence-corrected chi connectivity index (χ2v) is 8.27. The summed E-state index contributed by atoms with van der Waals surface area (Å²) in [4.78, 5) is 30.7. The standard InChI is InChI=1S/C23H16F8N4O6/c1-34-16-19(35(9-13(36)17(24)25)21(38)33-20(16)37)32-18(34)10-2-7-14(15(8-10)41-23(29,30)31)39-11-3-5-12(6-4-11)40-22(26,27)28/h2-8,13,17,36H,9H2,1H3,(H,33,37,38). The van der Waals surface area contributed by atoms with Crippen LogP contribution >= 0.6 is 0 Å². The summed E-state index contributed by atoms with van der Waals surface area (Å²) in [7, 11) is 1.26. The minimum atomic E-state index is -5.23. The number of benzene rings is 2. The lowest BCUT2D eigenvalue weighted by atomic mass is 10.2. The van der Waals surface area contributed by atoms with Crippen LogP contribution in [0.1, 0.15) is 0 Å². The fraction of sp³-hybridized carbons (Fsp3) is 0.261. The zero-order valence-corrected chi connectivity index (χ0v) is 20.3. The van der Waals surface area contributed by atoms with Crippen LogP contribution < -0.4 is 25.5 Å². The second kappa shape index (κ2) is 10.8. The summed E-state index contributed by atoms with van der Waals surface area (Å²) in [5.41, 5.74) is -3.02. The van der Waals surface area contributed by atoms with E-state index in [-0.39, 0.29) is 22.7 Å². The molecule has 0 radical (unpaired) electrons. The monoisotopic (exact) mass is 596 g/mol.